The van der Waals surface area contributed by atoms with Gasteiger partial charge in [0.2, 0.25) is 0 Å². The van der Waals surface area contributed by atoms with Gasteiger partial charge in [-0.15, -0.1) is 13.2 Å². The first-order valence-corrected chi connectivity index (χ1v) is 10.2. The molecular weight excluding hydrogens is 437 g/mol. The second-order valence-corrected chi connectivity index (χ2v) is 7.33. The molecule has 3 aromatic rings. The molecule has 1 aromatic heterocycles. The molecule has 0 aliphatic carbocycles. The van der Waals surface area contributed by atoms with Gasteiger partial charge in [0.25, 0.3) is 0 Å². The molecule has 0 amide bonds. The van der Waals surface area contributed by atoms with E-state index in [9.17, 15) is 13.2 Å². The maximum absolute atomic E-state index is 12.3. The highest BCUT2D eigenvalue weighted by Crippen LogP contribution is 2.31. The van der Waals surface area contributed by atoms with Gasteiger partial charge < -0.3 is 30.3 Å². The number of methoxy groups -OCH3 is 1. The SMILES string of the molecule is COc1ccc(N2CCN(c3ncnc(Nc4ccc(OC(F)(F)F)cc4)c3N)CC2)cc1. The van der Waals surface area contributed by atoms with Crippen molar-refractivity contribution in [1.29, 1.82) is 0 Å². The van der Waals surface area contributed by atoms with Gasteiger partial charge in [0.05, 0.1) is 7.11 Å². The highest BCUT2D eigenvalue weighted by Gasteiger charge is 2.31. The van der Waals surface area contributed by atoms with Crippen molar-refractivity contribution >= 4 is 28.7 Å². The summed E-state index contributed by atoms with van der Waals surface area (Å²) in [5, 5.41) is 3.03. The van der Waals surface area contributed by atoms with Crippen molar-refractivity contribution in [1.82, 2.24) is 9.97 Å². The standard InChI is InChI=1S/C22H23F3N6O2/c1-32-17-8-4-16(5-9-17)30-10-12-31(13-11-30)21-19(26)20(27-14-28-21)29-15-2-6-18(7-3-15)33-22(23,24)25/h2-9,14H,10-13,26H2,1H3,(H,27,28,29). The van der Waals surface area contributed by atoms with E-state index in [1.807, 2.05) is 24.3 Å². The number of halogens is 3. The number of piperazine rings is 1. The molecule has 174 valence electrons. The number of benzene rings is 2. The van der Waals surface area contributed by atoms with E-state index in [1.54, 1.807) is 7.11 Å². The number of nitrogens with two attached hydrogens (primary N) is 1. The zero-order chi connectivity index (χ0) is 23.4. The Bertz CT molecular complexity index is 1070. The van der Waals surface area contributed by atoms with Crippen LogP contribution in [-0.2, 0) is 0 Å². The average molecular weight is 460 g/mol. The Morgan fingerprint density at radius 2 is 1.48 bits per heavy atom. The minimum absolute atomic E-state index is 0.306. The molecule has 0 saturated carbocycles. The van der Waals surface area contributed by atoms with Crippen LogP contribution in [0.1, 0.15) is 0 Å². The number of aromatic nitrogens is 2. The van der Waals surface area contributed by atoms with Gasteiger partial charge in [-0.25, -0.2) is 9.97 Å². The Morgan fingerprint density at radius 3 is 2.09 bits per heavy atom. The van der Waals surface area contributed by atoms with Crippen LogP contribution < -0.4 is 30.3 Å². The number of anilines is 5. The highest BCUT2D eigenvalue weighted by atomic mass is 19.4. The molecule has 0 atom stereocenters. The van der Waals surface area contributed by atoms with Crippen LogP contribution in [0.3, 0.4) is 0 Å². The quantitative estimate of drug-likeness (QED) is 0.570. The van der Waals surface area contributed by atoms with Crippen molar-refractivity contribution in [3.8, 4) is 11.5 Å². The molecule has 2 aromatic carbocycles. The minimum atomic E-state index is -4.74. The number of nitrogens with zero attached hydrogens (tertiary/aromatic N) is 4. The zero-order valence-electron chi connectivity index (χ0n) is 17.8. The van der Waals surface area contributed by atoms with Gasteiger partial charge >= 0.3 is 6.36 Å². The van der Waals surface area contributed by atoms with E-state index in [0.717, 1.165) is 37.6 Å². The lowest BCUT2D eigenvalue weighted by Crippen LogP contribution is -2.47. The lowest BCUT2D eigenvalue weighted by Gasteiger charge is -2.37. The maximum atomic E-state index is 12.3. The number of hydrogen-bond donors (Lipinski definition) is 2. The van der Waals surface area contributed by atoms with Gasteiger partial charge in [-0.1, -0.05) is 0 Å². The molecule has 4 rings (SSSR count). The summed E-state index contributed by atoms with van der Waals surface area (Å²) in [6, 6.07) is 13.3. The summed E-state index contributed by atoms with van der Waals surface area (Å²) in [5.41, 5.74) is 8.33. The molecular formula is C22H23F3N6O2. The summed E-state index contributed by atoms with van der Waals surface area (Å²) in [6.07, 6.45) is -3.33. The van der Waals surface area contributed by atoms with Gasteiger partial charge in [-0.05, 0) is 48.5 Å². The first-order valence-electron chi connectivity index (χ1n) is 10.2. The average Bonchev–Trinajstić information content (AvgIpc) is 2.81. The van der Waals surface area contributed by atoms with Crippen LogP contribution in [0.5, 0.6) is 11.5 Å². The minimum Gasteiger partial charge on any atom is -0.497 e. The molecule has 0 unspecified atom stereocenters. The largest absolute Gasteiger partial charge is 0.573 e. The van der Waals surface area contributed by atoms with E-state index in [4.69, 9.17) is 10.5 Å². The number of nitrogen functional groups attached to an aromatic ring is 1. The Kier molecular flexibility index (Phi) is 6.29. The molecule has 0 radical (unpaired) electrons. The lowest BCUT2D eigenvalue weighted by molar-refractivity contribution is -0.274. The summed E-state index contributed by atoms with van der Waals surface area (Å²) in [7, 11) is 1.64. The number of rotatable bonds is 6. The Hall–Kier alpha value is -3.89. The van der Waals surface area contributed by atoms with Crippen molar-refractivity contribution in [3.63, 3.8) is 0 Å². The van der Waals surface area contributed by atoms with Crippen LogP contribution in [0.4, 0.5) is 41.9 Å². The maximum Gasteiger partial charge on any atom is 0.573 e. The Balaban J connectivity index is 1.41. The molecule has 8 nitrogen and oxygen atoms in total. The molecule has 1 aliphatic heterocycles. The molecule has 1 fully saturated rings. The summed E-state index contributed by atoms with van der Waals surface area (Å²) in [6.45, 7) is 3.02. The second-order valence-electron chi connectivity index (χ2n) is 7.33. The summed E-state index contributed by atoms with van der Waals surface area (Å²) in [4.78, 5) is 12.9. The van der Waals surface area contributed by atoms with Crippen molar-refractivity contribution in [2.45, 2.75) is 6.36 Å². The monoisotopic (exact) mass is 460 g/mol. The molecule has 1 saturated heterocycles. The molecule has 11 heteroatoms. The smallest absolute Gasteiger partial charge is 0.497 e. The fourth-order valence-corrected chi connectivity index (χ4v) is 3.58. The molecule has 0 spiro atoms. The van der Waals surface area contributed by atoms with Crippen LogP contribution in [0.15, 0.2) is 54.9 Å². The second kappa shape index (κ2) is 9.31. The van der Waals surface area contributed by atoms with Gasteiger partial charge in [0.1, 0.15) is 23.5 Å². The third kappa shape index (κ3) is 5.48. The number of hydrogen-bond acceptors (Lipinski definition) is 8. The van der Waals surface area contributed by atoms with E-state index in [-0.39, 0.29) is 5.75 Å². The predicted molar refractivity (Wildman–Crippen MR) is 120 cm³/mol. The van der Waals surface area contributed by atoms with Crippen molar-refractivity contribution < 1.29 is 22.6 Å². The van der Waals surface area contributed by atoms with Crippen LogP contribution in [-0.4, -0.2) is 49.6 Å². The summed E-state index contributed by atoms with van der Waals surface area (Å²) >= 11 is 0. The van der Waals surface area contributed by atoms with Crippen LogP contribution in [0.25, 0.3) is 0 Å². The fraction of sp³-hybridized carbons (Fsp3) is 0.273. The highest BCUT2D eigenvalue weighted by molar-refractivity contribution is 5.78. The molecule has 3 N–H and O–H groups in total. The Morgan fingerprint density at radius 1 is 0.879 bits per heavy atom. The molecule has 33 heavy (non-hydrogen) atoms. The molecule has 1 aliphatic rings. The number of nitrogens with one attached hydrogen (secondary N) is 1. The van der Waals surface area contributed by atoms with Gasteiger partial charge in [0, 0.05) is 37.6 Å². The zero-order valence-corrected chi connectivity index (χ0v) is 17.8. The Labute approximate surface area is 188 Å². The van der Waals surface area contributed by atoms with Gasteiger partial charge in [-0.3, -0.25) is 0 Å². The van der Waals surface area contributed by atoms with E-state index in [0.29, 0.717) is 23.0 Å². The van der Waals surface area contributed by atoms with Crippen molar-refractivity contribution in [3.05, 3.63) is 54.9 Å². The first kappa shape index (κ1) is 22.3. The fourth-order valence-electron chi connectivity index (χ4n) is 3.58. The third-order valence-electron chi connectivity index (χ3n) is 5.23. The van der Waals surface area contributed by atoms with Gasteiger partial charge in [-0.2, -0.15) is 0 Å². The third-order valence-corrected chi connectivity index (χ3v) is 5.23. The van der Waals surface area contributed by atoms with Crippen LogP contribution in [0.2, 0.25) is 0 Å². The topological polar surface area (TPSA) is 88.8 Å². The van der Waals surface area contributed by atoms with Crippen LogP contribution in [0, 0.1) is 0 Å². The van der Waals surface area contributed by atoms with Crippen molar-refractivity contribution in [2.75, 3.05) is 54.1 Å². The van der Waals surface area contributed by atoms with Crippen LogP contribution >= 0.6 is 0 Å². The summed E-state index contributed by atoms with van der Waals surface area (Å²) in [5.74, 6) is 1.49. The van der Waals surface area contributed by atoms with Gasteiger partial charge in [0.15, 0.2) is 11.6 Å². The van der Waals surface area contributed by atoms with E-state index in [2.05, 4.69) is 29.8 Å². The van der Waals surface area contributed by atoms with Crippen molar-refractivity contribution in [2.24, 2.45) is 0 Å². The lowest BCUT2D eigenvalue weighted by atomic mass is 10.2. The summed E-state index contributed by atoms with van der Waals surface area (Å²) < 4.78 is 46.1. The van der Waals surface area contributed by atoms with E-state index >= 15 is 0 Å². The number of ether oxygens (including phenoxy) is 2. The number of alkyl halides is 3. The predicted octanol–water partition coefficient (Wildman–Crippen LogP) is 4.04. The normalized spacial score (nSPS) is 14.2. The first-order chi connectivity index (χ1) is 15.8. The van der Waals surface area contributed by atoms with E-state index < -0.39 is 6.36 Å². The van der Waals surface area contributed by atoms with E-state index in [1.165, 1.54) is 30.6 Å². The molecule has 2 heterocycles. The molecule has 0 bridgehead atoms.